The molecule has 1 heterocycles. The van der Waals surface area contributed by atoms with Crippen LogP contribution >= 0.6 is 11.6 Å². The molecule has 31 heavy (non-hydrogen) atoms. The van der Waals surface area contributed by atoms with E-state index < -0.39 is 27.7 Å². The average molecular weight is 476 g/mol. The number of nitrogens with one attached hydrogen (secondary N) is 1. The summed E-state index contributed by atoms with van der Waals surface area (Å²) in [6.45, 7) is 1.83. The normalized spacial score (nSPS) is 16.3. The standard InChI is InChI=1S/C20H21ClF3N3O3S/c21-16-4-6-18(7-5-16)31(29,30)27-12-10-26(11-13-27)9-8-19(28)25-17-3-1-2-15(14-17)20(22,23)24/h1-7,14H,8-13H2,(H,25,28). The van der Waals surface area contributed by atoms with E-state index in [2.05, 4.69) is 5.32 Å². The molecule has 2 aromatic rings. The first-order valence-electron chi connectivity index (χ1n) is 9.51. The van der Waals surface area contributed by atoms with Gasteiger partial charge in [-0.2, -0.15) is 17.5 Å². The summed E-state index contributed by atoms with van der Waals surface area (Å²) >= 11 is 5.81. The van der Waals surface area contributed by atoms with Crippen LogP contribution in [-0.2, 0) is 21.0 Å². The van der Waals surface area contributed by atoms with Gasteiger partial charge in [0.1, 0.15) is 0 Å². The Kier molecular flexibility index (Phi) is 7.25. The lowest BCUT2D eigenvalue weighted by Gasteiger charge is -2.33. The van der Waals surface area contributed by atoms with Crippen LogP contribution in [0.4, 0.5) is 18.9 Å². The minimum absolute atomic E-state index is 0.0821. The fourth-order valence-corrected chi connectivity index (χ4v) is 4.75. The monoisotopic (exact) mass is 475 g/mol. The number of sulfonamides is 1. The number of amides is 1. The Morgan fingerprint density at radius 1 is 1.03 bits per heavy atom. The Morgan fingerprint density at radius 2 is 1.68 bits per heavy atom. The molecule has 11 heteroatoms. The average Bonchev–Trinajstić information content (AvgIpc) is 2.72. The number of hydrogen-bond acceptors (Lipinski definition) is 4. The zero-order valence-electron chi connectivity index (χ0n) is 16.4. The minimum Gasteiger partial charge on any atom is -0.326 e. The van der Waals surface area contributed by atoms with Crippen molar-refractivity contribution in [2.75, 3.05) is 38.0 Å². The zero-order valence-corrected chi connectivity index (χ0v) is 18.0. The Bertz CT molecular complexity index is 1020. The Hall–Kier alpha value is -2.14. The van der Waals surface area contributed by atoms with Gasteiger partial charge in [-0.05, 0) is 42.5 Å². The minimum atomic E-state index is -4.48. The quantitative estimate of drug-likeness (QED) is 0.691. The van der Waals surface area contributed by atoms with Gasteiger partial charge in [-0.25, -0.2) is 8.42 Å². The molecule has 1 N–H and O–H groups in total. The Labute approximate surface area is 183 Å². The Morgan fingerprint density at radius 3 is 2.29 bits per heavy atom. The number of anilines is 1. The van der Waals surface area contributed by atoms with Crippen LogP contribution in [-0.4, -0.2) is 56.3 Å². The van der Waals surface area contributed by atoms with Gasteiger partial charge >= 0.3 is 6.18 Å². The molecule has 0 spiro atoms. The number of carbonyl (C=O) groups excluding carboxylic acids is 1. The number of carbonyl (C=O) groups is 1. The molecule has 3 rings (SSSR count). The van der Waals surface area contributed by atoms with Crippen molar-refractivity contribution in [2.24, 2.45) is 0 Å². The highest BCUT2D eigenvalue weighted by atomic mass is 35.5. The molecular weight excluding hydrogens is 455 g/mol. The maximum Gasteiger partial charge on any atom is 0.416 e. The zero-order chi connectivity index (χ0) is 22.6. The van der Waals surface area contributed by atoms with E-state index in [0.29, 0.717) is 24.7 Å². The summed E-state index contributed by atoms with van der Waals surface area (Å²) in [7, 11) is -3.61. The molecule has 1 fully saturated rings. The predicted molar refractivity (Wildman–Crippen MR) is 111 cm³/mol. The molecule has 1 aliphatic heterocycles. The van der Waals surface area contributed by atoms with Crippen LogP contribution in [0.1, 0.15) is 12.0 Å². The lowest BCUT2D eigenvalue weighted by atomic mass is 10.2. The molecule has 168 valence electrons. The summed E-state index contributed by atoms with van der Waals surface area (Å²) in [5, 5.41) is 2.92. The SMILES string of the molecule is O=C(CCN1CCN(S(=O)(=O)c2ccc(Cl)cc2)CC1)Nc1cccc(C(F)(F)F)c1. The Balaban J connectivity index is 1.48. The highest BCUT2D eigenvalue weighted by Crippen LogP contribution is 2.30. The summed E-state index contributed by atoms with van der Waals surface area (Å²) < 4.78 is 65.1. The molecule has 0 unspecified atom stereocenters. The third kappa shape index (κ3) is 6.19. The van der Waals surface area contributed by atoms with Crippen molar-refractivity contribution in [2.45, 2.75) is 17.5 Å². The fraction of sp³-hybridized carbons (Fsp3) is 0.350. The van der Waals surface area contributed by atoms with Crippen molar-refractivity contribution in [1.82, 2.24) is 9.21 Å². The van der Waals surface area contributed by atoms with Crippen molar-refractivity contribution in [3.8, 4) is 0 Å². The van der Waals surface area contributed by atoms with Gasteiger partial charge in [-0.3, -0.25) is 4.79 Å². The lowest BCUT2D eigenvalue weighted by molar-refractivity contribution is -0.137. The number of halogens is 4. The second kappa shape index (κ2) is 9.56. The van der Waals surface area contributed by atoms with Crippen LogP contribution < -0.4 is 5.32 Å². The van der Waals surface area contributed by atoms with Gasteiger partial charge in [0.15, 0.2) is 0 Å². The maximum atomic E-state index is 12.8. The highest BCUT2D eigenvalue weighted by Gasteiger charge is 2.31. The van der Waals surface area contributed by atoms with E-state index in [0.717, 1.165) is 12.1 Å². The van der Waals surface area contributed by atoms with Crippen molar-refractivity contribution >= 4 is 33.2 Å². The molecule has 0 aromatic heterocycles. The molecule has 1 aliphatic rings. The van der Waals surface area contributed by atoms with Gasteiger partial charge in [-0.15, -0.1) is 0 Å². The van der Waals surface area contributed by atoms with E-state index in [1.165, 1.54) is 40.7 Å². The van der Waals surface area contributed by atoms with Gasteiger partial charge in [-0.1, -0.05) is 17.7 Å². The molecule has 1 amide bonds. The number of alkyl halides is 3. The van der Waals surface area contributed by atoms with E-state index in [4.69, 9.17) is 11.6 Å². The third-order valence-corrected chi connectivity index (χ3v) is 7.08. The molecule has 6 nitrogen and oxygen atoms in total. The molecule has 0 atom stereocenters. The molecule has 0 radical (unpaired) electrons. The van der Waals surface area contributed by atoms with Gasteiger partial charge in [0.2, 0.25) is 15.9 Å². The third-order valence-electron chi connectivity index (χ3n) is 4.91. The summed E-state index contributed by atoms with van der Waals surface area (Å²) in [6.07, 6.45) is -4.40. The summed E-state index contributed by atoms with van der Waals surface area (Å²) in [5.74, 6) is -0.407. The number of rotatable bonds is 6. The van der Waals surface area contributed by atoms with Gasteiger partial charge < -0.3 is 10.2 Å². The second-order valence-electron chi connectivity index (χ2n) is 7.08. The fourth-order valence-electron chi connectivity index (χ4n) is 3.21. The van der Waals surface area contributed by atoms with E-state index in [9.17, 15) is 26.4 Å². The van der Waals surface area contributed by atoms with Crippen molar-refractivity contribution in [3.63, 3.8) is 0 Å². The van der Waals surface area contributed by atoms with Gasteiger partial charge in [0.25, 0.3) is 0 Å². The number of piperazine rings is 1. The lowest BCUT2D eigenvalue weighted by Crippen LogP contribution is -2.49. The smallest absolute Gasteiger partial charge is 0.326 e. The van der Waals surface area contributed by atoms with E-state index in [-0.39, 0.29) is 30.1 Å². The molecule has 0 aliphatic carbocycles. The van der Waals surface area contributed by atoms with Crippen molar-refractivity contribution < 1.29 is 26.4 Å². The van der Waals surface area contributed by atoms with Crippen LogP contribution in [0.2, 0.25) is 5.02 Å². The van der Waals surface area contributed by atoms with Crippen molar-refractivity contribution in [1.29, 1.82) is 0 Å². The van der Waals surface area contributed by atoms with Gasteiger partial charge in [0.05, 0.1) is 10.5 Å². The van der Waals surface area contributed by atoms with Gasteiger partial charge in [0, 0.05) is 49.9 Å². The second-order valence-corrected chi connectivity index (χ2v) is 9.45. The largest absolute Gasteiger partial charge is 0.416 e. The maximum absolute atomic E-state index is 12.8. The first-order chi connectivity index (χ1) is 14.6. The summed E-state index contributed by atoms with van der Waals surface area (Å²) in [4.78, 5) is 14.2. The topological polar surface area (TPSA) is 69.7 Å². The van der Waals surface area contributed by atoms with Crippen molar-refractivity contribution in [3.05, 3.63) is 59.1 Å². The number of benzene rings is 2. The first kappa shape index (κ1) is 23.5. The van der Waals surface area contributed by atoms with Crippen LogP contribution in [0, 0.1) is 0 Å². The predicted octanol–water partition coefficient (Wildman–Crippen LogP) is 3.69. The van der Waals surface area contributed by atoms with Crippen LogP contribution in [0.5, 0.6) is 0 Å². The van der Waals surface area contributed by atoms with Crippen LogP contribution in [0.25, 0.3) is 0 Å². The highest BCUT2D eigenvalue weighted by molar-refractivity contribution is 7.89. The molecular formula is C20H21ClF3N3O3S. The van der Waals surface area contributed by atoms with E-state index in [1.807, 2.05) is 4.90 Å². The first-order valence-corrected chi connectivity index (χ1v) is 11.3. The summed E-state index contributed by atoms with van der Waals surface area (Å²) in [5.41, 5.74) is -0.748. The number of hydrogen-bond donors (Lipinski definition) is 1. The van der Waals surface area contributed by atoms with Crippen LogP contribution in [0.15, 0.2) is 53.4 Å². The van der Waals surface area contributed by atoms with Crippen LogP contribution in [0.3, 0.4) is 0 Å². The molecule has 2 aromatic carbocycles. The molecule has 0 saturated carbocycles. The van der Waals surface area contributed by atoms with E-state index in [1.54, 1.807) is 0 Å². The summed E-state index contributed by atoms with van der Waals surface area (Å²) in [6, 6.07) is 10.4. The van der Waals surface area contributed by atoms with E-state index >= 15 is 0 Å². The molecule has 0 bridgehead atoms. The molecule has 1 saturated heterocycles. The number of nitrogens with zero attached hydrogens (tertiary/aromatic N) is 2.